The predicted molar refractivity (Wildman–Crippen MR) is 123 cm³/mol. The number of nitrogens with zero attached hydrogens (tertiary/aromatic N) is 2. The number of carbonyl (C=O) groups excluding carboxylic acids is 1. The fourth-order valence-electron chi connectivity index (χ4n) is 5.82. The summed E-state index contributed by atoms with van der Waals surface area (Å²) in [5.41, 5.74) is 8.38. The van der Waals surface area contributed by atoms with E-state index in [-0.39, 0.29) is 17.6 Å². The highest BCUT2D eigenvalue weighted by molar-refractivity contribution is 6.03. The molecular weight excluding hydrogens is 388 g/mol. The number of rotatable bonds is 1. The van der Waals surface area contributed by atoms with Crippen LogP contribution in [-0.4, -0.2) is 55.9 Å². The molecule has 6 heteroatoms. The molecule has 1 spiro atoms. The number of hydrogen-bond acceptors (Lipinski definition) is 5. The van der Waals surface area contributed by atoms with E-state index in [1.165, 1.54) is 16.7 Å². The molecule has 6 nitrogen and oxygen atoms in total. The summed E-state index contributed by atoms with van der Waals surface area (Å²) in [6.45, 7) is 4.75. The third-order valence-electron chi connectivity index (χ3n) is 7.68. The van der Waals surface area contributed by atoms with Crippen LogP contribution in [0.25, 0.3) is 0 Å². The van der Waals surface area contributed by atoms with Crippen molar-refractivity contribution in [2.45, 2.75) is 44.3 Å². The van der Waals surface area contributed by atoms with Gasteiger partial charge in [0.05, 0.1) is 36.4 Å². The lowest BCUT2D eigenvalue weighted by molar-refractivity contribution is 0.0302. The number of ether oxygens (including phenoxy) is 1. The number of benzene rings is 2. The molecular formula is C25H30N4O2. The standard InChI is InChI=1S/C25H30N4O2/c1-16-26-23-21(28(16)2)13-20(24(30)29-9-11-31-12-10-29)19-7-8-25(27-22(19)23)14-17-5-3-4-6-18(17)15-25/h3-6,13,16,26-27H,7-12,14-15H2,1-2H3. The molecule has 0 radical (unpaired) electrons. The maximum atomic E-state index is 13.6. The van der Waals surface area contributed by atoms with E-state index in [9.17, 15) is 4.79 Å². The molecule has 1 fully saturated rings. The van der Waals surface area contributed by atoms with Gasteiger partial charge in [-0.2, -0.15) is 0 Å². The minimum atomic E-state index is 0.0389. The highest BCUT2D eigenvalue weighted by Gasteiger charge is 2.43. The van der Waals surface area contributed by atoms with Crippen LogP contribution in [0, 0.1) is 0 Å². The molecule has 0 bridgehead atoms. The molecule has 1 saturated heterocycles. The predicted octanol–water partition coefficient (Wildman–Crippen LogP) is 3.26. The van der Waals surface area contributed by atoms with E-state index in [2.05, 4.69) is 59.8 Å². The quantitative estimate of drug-likeness (QED) is 0.745. The van der Waals surface area contributed by atoms with Gasteiger partial charge in [0.15, 0.2) is 0 Å². The minimum Gasteiger partial charge on any atom is -0.378 e. The molecule has 1 amide bonds. The normalized spacial score (nSPS) is 23.1. The summed E-state index contributed by atoms with van der Waals surface area (Å²) >= 11 is 0. The average molecular weight is 419 g/mol. The SMILES string of the molecule is CC1Nc2c(cc(C(=O)N3CCOCC3)c3c2NC2(CC3)Cc3ccccc3C2)N1C. The van der Waals surface area contributed by atoms with Gasteiger partial charge in [0.25, 0.3) is 5.91 Å². The van der Waals surface area contributed by atoms with Gasteiger partial charge < -0.3 is 25.2 Å². The maximum absolute atomic E-state index is 13.6. The van der Waals surface area contributed by atoms with Gasteiger partial charge in [-0.15, -0.1) is 0 Å². The Morgan fingerprint density at radius 3 is 2.55 bits per heavy atom. The Bertz CT molecular complexity index is 1030. The molecule has 2 aromatic rings. The molecule has 162 valence electrons. The smallest absolute Gasteiger partial charge is 0.254 e. The van der Waals surface area contributed by atoms with E-state index in [4.69, 9.17) is 4.74 Å². The number of morpholine rings is 1. The van der Waals surface area contributed by atoms with E-state index >= 15 is 0 Å². The second-order valence-corrected chi connectivity index (χ2v) is 9.54. The maximum Gasteiger partial charge on any atom is 0.254 e. The molecule has 1 unspecified atom stereocenters. The second-order valence-electron chi connectivity index (χ2n) is 9.54. The number of fused-ring (bicyclic) bond motifs is 4. The largest absolute Gasteiger partial charge is 0.378 e. The molecule has 31 heavy (non-hydrogen) atoms. The number of amides is 1. The topological polar surface area (TPSA) is 56.8 Å². The van der Waals surface area contributed by atoms with Gasteiger partial charge in [-0.25, -0.2) is 0 Å². The van der Waals surface area contributed by atoms with E-state index in [0.29, 0.717) is 26.3 Å². The molecule has 0 aromatic heterocycles. The Morgan fingerprint density at radius 2 is 1.84 bits per heavy atom. The van der Waals surface area contributed by atoms with Crippen LogP contribution in [0.5, 0.6) is 0 Å². The van der Waals surface area contributed by atoms with Crippen LogP contribution in [0.1, 0.15) is 40.4 Å². The molecule has 1 atom stereocenters. The second kappa shape index (κ2) is 6.89. The van der Waals surface area contributed by atoms with Crippen LogP contribution in [0.4, 0.5) is 17.1 Å². The van der Waals surface area contributed by atoms with E-state index in [1.54, 1.807) is 0 Å². The Kier molecular flexibility index (Phi) is 4.22. The summed E-state index contributed by atoms with van der Waals surface area (Å²) in [4.78, 5) is 17.7. The molecule has 0 saturated carbocycles. The van der Waals surface area contributed by atoms with Gasteiger partial charge in [-0.1, -0.05) is 24.3 Å². The molecule has 2 N–H and O–H groups in total. The van der Waals surface area contributed by atoms with Crippen LogP contribution < -0.4 is 15.5 Å². The Balaban J connectivity index is 1.42. The monoisotopic (exact) mass is 418 g/mol. The lowest BCUT2D eigenvalue weighted by Gasteiger charge is -2.39. The number of hydrogen-bond donors (Lipinski definition) is 2. The van der Waals surface area contributed by atoms with E-state index in [0.717, 1.165) is 48.3 Å². The first-order chi connectivity index (χ1) is 15.0. The molecule has 3 aliphatic heterocycles. The van der Waals surface area contributed by atoms with Gasteiger partial charge in [-0.05, 0) is 55.4 Å². The minimum absolute atomic E-state index is 0.0389. The Hall–Kier alpha value is -2.73. The van der Waals surface area contributed by atoms with Gasteiger partial charge in [0.1, 0.15) is 0 Å². The van der Waals surface area contributed by atoms with Gasteiger partial charge in [0.2, 0.25) is 0 Å². The zero-order valence-electron chi connectivity index (χ0n) is 18.3. The van der Waals surface area contributed by atoms with Crippen molar-refractivity contribution in [1.29, 1.82) is 0 Å². The van der Waals surface area contributed by atoms with E-state index in [1.807, 2.05) is 4.90 Å². The fraction of sp³-hybridized carbons (Fsp3) is 0.480. The number of nitrogens with one attached hydrogen (secondary N) is 2. The highest BCUT2D eigenvalue weighted by atomic mass is 16.5. The van der Waals surface area contributed by atoms with Crippen LogP contribution in [-0.2, 0) is 24.0 Å². The zero-order chi connectivity index (χ0) is 21.2. The molecule has 2 aromatic carbocycles. The van der Waals surface area contributed by atoms with E-state index < -0.39 is 0 Å². The fourth-order valence-corrected chi connectivity index (χ4v) is 5.82. The molecule has 6 rings (SSSR count). The van der Waals surface area contributed by atoms with Crippen molar-refractivity contribution < 1.29 is 9.53 Å². The highest BCUT2D eigenvalue weighted by Crippen LogP contribution is 2.49. The van der Waals surface area contributed by atoms with Crippen molar-refractivity contribution in [2.24, 2.45) is 0 Å². The summed E-state index contributed by atoms with van der Waals surface area (Å²) in [5.74, 6) is 0.141. The lowest BCUT2D eigenvalue weighted by Crippen LogP contribution is -2.44. The third-order valence-corrected chi connectivity index (χ3v) is 7.68. The lowest BCUT2D eigenvalue weighted by atomic mass is 9.81. The summed E-state index contributed by atoms with van der Waals surface area (Å²) in [5, 5.41) is 7.64. The van der Waals surface area contributed by atoms with Crippen molar-refractivity contribution in [1.82, 2.24) is 4.90 Å². The van der Waals surface area contributed by atoms with Crippen molar-refractivity contribution in [2.75, 3.05) is 48.9 Å². The third kappa shape index (κ3) is 2.92. The van der Waals surface area contributed by atoms with Crippen molar-refractivity contribution >= 4 is 23.0 Å². The van der Waals surface area contributed by atoms with Crippen molar-refractivity contribution in [3.8, 4) is 0 Å². The summed E-state index contributed by atoms with van der Waals surface area (Å²) < 4.78 is 5.47. The first kappa shape index (κ1) is 19.0. The summed E-state index contributed by atoms with van der Waals surface area (Å²) in [6, 6.07) is 10.9. The van der Waals surface area contributed by atoms with Crippen molar-refractivity contribution in [3.05, 3.63) is 52.6 Å². The molecule has 4 aliphatic rings. The van der Waals surface area contributed by atoms with Crippen LogP contribution >= 0.6 is 0 Å². The van der Waals surface area contributed by atoms with Gasteiger partial charge >= 0.3 is 0 Å². The molecule has 3 heterocycles. The Morgan fingerprint density at radius 1 is 1.13 bits per heavy atom. The van der Waals surface area contributed by atoms with Crippen LogP contribution in [0.3, 0.4) is 0 Å². The summed E-state index contributed by atoms with van der Waals surface area (Å²) in [7, 11) is 2.10. The first-order valence-electron chi connectivity index (χ1n) is 11.5. The van der Waals surface area contributed by atoms with Gasteiger partial charge in [0, 0.05) is 31.2 Å². The first-order valence-corrected chi connectivity index (χ1v) is 11.5. The van der Waals surface area contributed by atoms with Crippen molar-refractivity contribution in [3.63, 3.8) is 0 Å². The number of anilines is 3. The number of carbonyl (C=O) groups is 1. The Labute approximate surface area is 183 Å². The zero-order valence-corrected chi connectivity index (χ0v) is 18.3. The van der Waals surface area contributed by atoms with Crippen LogP contribution in [0.2, 0.25) is 0 Å². The summed E-state index contributed by atoms with van der Waals surface area (Å²) in [6.07, 6.45) is 4.26. The average Bonchev–Trinajstić information content (AvgIpc) is 3.30. The van der Waals surface area contributed by atoms with Crippen LogP contribution in [0.15, 0.2) is 30.3 Å². The van der Waals surface area contributed by atoms with Gasteiger partial charge in [-0.3, -0.25) is 4.79 Å². The molecule has 1 aliphatic carbocycles.